The average Bonchev–Trinajstić information content (AvgIpc) is 3.65. The predicted molar refractivity (Wildman–Crippen MR) is 169 cm³/mol. The van der Waals surface area contributed by atoms with Crippen molar-refractivity contribution in [1.29, 1.82) is 0 Å². The van der Waals surface area contributed by atoms with Gasteiger partial charge in [-0.05, 0) is 28.5 Å². The van der Waals surface area contributed by atoms with E-state index in [0.717, 1.165) is 6.42 Å². The van der Waals surface area contributed by atoms with Crippen molar-refractivity contribution in [3.05, 3.63) is 161 Å². The van der Waals surface area contributed by atoms with Crippen LogP contribution in [0.1, 0.15) is 74.9 Å². The zero-order valence-electron chi connectivity index (χ0n) is 25.5. The summed E-state index contributed by atoms with van der Waals surface area (Å²) in [6.07, 6.45) is 0.975. The molecule has 1 aliphatic rings. The monoisotopic (exact) mass is 668 g/mol. The molecule has 0 heterocycles. The fourth-order valence-corrected chi connectivity index (χ4v) is 5.20. The number of benzene rings is 4. The molecule has 3 heteroatoms. The molecule has 0 spiro atoms. The molecule has 1 aliphatic carbocycles. The van der Waals surface area contributed by atoms with Gasteiger partial charge in [-0.2, -0.15) is 42.0 Å². The van der Waals surface area contributed by atoms with E-state index >= 15 is 0 Å². The van der Waals surface area contributed by atoms with E-state index in [1.807, 2.05) is 30.3 Å². The Morgan fingerprint density at radius 3 is 1.60 bits per heavy atom. The number of rotatable bonds is 4. The Morgan fingerprint density at radius 1 is 0.643 bits per heavy atom. The third kappa shape index (κ3) is 8.57. The van der Waals surface area contributed by atoms with Crippen LogP contribution < -0.4 is 24.8 Å². The molecule has 0 fully saturated rings. The fourth-order valence-electron chi connectivity index (χ4n) is 5.20. The first-order valence-electron chi connectivity index (χ1n) is 14.1. The second-order valence-corrected chi connectivity index (χ2v) is 14.2. The molecule has 0 unspecified atom stereocenters. The molecular weight excluding hydrogens is 631 g/mol. The Morgan fingerprint density at radius 2 is 1.12 bits per heavy atom. The molecule has 0 aromatic heterocycles. The van der Waals surface area contributed by atoms with Crippen molar-refractivity contribution >= 4 is 3.21 Å². The first-order chi connectivity index (χ1) is 19.1. The van der Waals surface area contributed by atoms with Crippen molar-refractivity contribution in [3.8, 4) is 11.1 Å². The third-order valence-electron chi connectivity index (χ3n) is 7.78. The van der Waals surface area contributed by atoms with Crippen LogP contribution in [-0.2, 0) is 41.5 Å². The summed E-state index contributed by atoms with van der Waals surface area (Å²) in [6, 6.07) is 46.9. The Bertz CT molecular complexity index is 1410. The second-order valence-electron chi connectivity index (χ2n) is 11.8. The van der Waals surface area contributed by atoms with Gasteiger partial charge < -0.3 is 24.8 Å². The van der Waals surface area contributed by atoms with Crippen molar-refractivity contribution in [2.75, 3.05) is 0 Å². The van der Waals surface area contributed by atoms with Crippen LogP contribution in [0.5, 0.6) is 0 Å². The minimum atomic E-state index is -0.0591. The van der Waals surface area contributed by atoms with Crippen LogP contribution in [0.4, 0.5) is 0 Å². The zero-order chi connectivity index (χ0) is 28.8. The van der Waals surface area contributed by atoms with Gasteiger partial charge in [0.1, 0.15) is 0 Å². The van der Waals surface area contributed by atoms with E-state index in [9.17, 15) is 0 Å². The van der Waals surface area contributed by atoms with E-state index < -0.39 is 0 Å². The molecular formula is C39H40Cl2Zr-2. The number of fused-ring (bicyclic) bond motifs is 3. The molecule has 216 valence electrons. The summed E-state index contributed by atoms with van der Waals surface area (Å²) in [4.78, 5) is 0. The second kappa shape index (κ2) is 15.9. The van der Waals surface area contributed by atoms with E-state index in [0.29, 0.717) is 0 Å². The van der Waals surface area contributed by atoms with Crippen molar-refractivity contribution in [1.82, 2.24) is 0 Å². The summed E-state index contributed by atoms with van der Waals surface area (Å²) in [5.74, 6) is 0. The molecule has 6 rings (SSSR count). The molecule has 0 saturated heterocycles. The SMILES string of the molecule is CC(C)(c1ccccc1)c1c[c-]c2c(c1)-c1cc(C(C)(C)c3ccccc3)ccc1C2.C[C](C)=[Zr+2].[Cl-].[Cl-].c1cc[cH-]c1. The largest absolute Gasteiger partial charge is 1.00 e. The smallest absolute Gasteiger partial charge is 0.172 e. The van der Waals surface area contributed by atoms with Gasteiger partial charge >= 0.3 is 41.3 Å². The van der Waals surface area contributed by atoms with Gasteiger partial charge in [0.15, 0.2) is 0 Å². The Hall–Kier alpha value is -2.44. The van der Waals surface area contributed by atoms with Crippen LogP contribution in [0.25, 0.3) is 11.1 Å². The third-order valence-corrected chi connectivity index (χ3v) is 7.78. The molecule has 0 radical (unpaired) electrons. The predicted octanol–water partition coefficient (Wildman–Crippen LogP) is 3.87. The minimum absolute atomic E-state index is 0. The molecule has 0 N–H and O–H groups in total. The van der Waals surface area contributed by atoms with Crippen molar-refractivity contribution < 1.29 is 49.0 Å². The van der Waals surface area contributed by atoms with Gasteiger partial charge in [0, 0.05) is 5.41 Å². The van der Waals surface area contributed by atoms with Crippen LogP contribution in [0.2, 0.25) is 0 Å². The first-order valence-corrected chi connectivity index (χ1v) is 15.3. The average molecular weight is 671 g/mol. The Kier molecular flexibility index (Phi) is 13.5. The van der Waals surface area contributed by atoms with Crippen LogP contribution in [-0.4, -0.2) is 3.21 Å². The number of hydrogen-bond donors (Lipinski definition) is 0. The van der Waals surface area contributed by atoms with E-state index in [2.05, 4.69) is 139 Å². The molecule has 5 aromatic carbocycles. The van der Waals surface area contributed by atoms with Gasteiger partial charge in [-0.1, -0.05) is 118 Å². The summed E-state index contributed by atoms with van der Waals surface area (Å²) in [5.41, 5.74) is 10.7. The topological polar surface area (TPSA) is 0 Å². The van der Waals surface area contributed by atoms with Crippen LogP contribution in [0.3, 0.4) is 0 Å². The molecule has 0 saturated carbocycles. The van der Waals surface area contributed by atoms with E-state index in [4.69, 9.17) is 0 Å². The molecule has 0 aliphatic heterocycles. The summed E-state index contributed by atoms with van der Waals surface area (Å²) in [6.45, 7) is 13.5. The van der Waals surface area contributed by atoms with Gasteiger partial charge in [-0.25, -0.2) is 12.1 Å². The van der Waals surface area contributed by atoms with Crippen LogP contribution in [0.15, 0.2) is 121 Å². The van der Waals surface area contributed by atoms with Crippen molar-refractivity contribution in [2.24, 2.45) is 0 Å². The fraction of sp³-hybridized carbons (Fsp3) is 0.231. The van der Waals surface area contributed by atoms with Gasteiger partial charge in [0.2, 0.25) is 0 Å². The molecule has 0 bridgehead atoms. The summed E-state index contributed by atoms with van der Waals surface area (Å²) in [7, 11) is 0. The molecule has 0 nitrogen and oxygen atoms in total. The normalized spacial score (nSPS) is 11.2. The van der Waals surface area contributed by atoms with Gasteiger partial charge in [0.25, 0.3) is 0 Å². The summed E-state index contributed by atoms with van der Waals surface area (Å²) < 4.78 is 1.51. The molecule has 0 amide bonds. The standard InChI is InChI=1S/C31H29.C5H5.C3H6.2ClH.Zr/c1-30(2,24-11-7-5-8-12-24)26-17-15-22-19-23-16-18-27(21-29(23)28(22)20-26)31(3,4)25-13-9-6-10-14-25;1-2-4-5-3-1;1-3-2;;;/h5-15,17-18,20-21H,19H2,1-4H3;1-5H;1-2H3;2*1H;/q2*-1;;;;+2/p-2. The van der Waals surface area contributed by atoms with Crippen molar-refractivity contribution in [3.63, 3.8) is 0 Å². The maximum Gasteiger partial charge on any atom is -0.172 e. The molecule has 42 heavy (non-hydrogen) atoms. The van der Waals surface area contributed by atoms with Crippen LogP contribution >= 0.6 is 0 Å². The summed E-state index contributed by atoms with van der Waals surface area (Å²) in [5, 5.41) is 0. The summed E-state index contributed by atoms with van der Waals surface area (Å²) >= 11 is 1.55. The van der Waals surface area contributed by atoms with E-state index in [-0.39, 0.29) is 35.6 Å². The van der Waals surface area contributed by atoms with E-state index in [1.165, 1.54) is 47.7 Å². The number of halogens is 2. The maximum absolute atomic E-state index is 3.63. The zero-order valence-corrected chi connectivity index (χ0v) is 29.5. The van der Waals surface area contributed by atoms with Crippen molar-refractivity contribution in [2.45, 2.75) is 58.8 Å². The first kappa shape index (κ1) is 35.8. The van der Waals surface area contributed by atoms with Gasteiger partial charge in [0.05, 0.1) is 0 Å². The molecule has 5 aromatic rings. The van der Waals surface area contributed by atoms with E-state index in [1.54, 1.807) is 24.2 Å². The van der Waals surface area contributed by atoms with Crippen LogP contribution in [0, 0.1) is 6.07 Å². The van der Waals surface area contributed by atoms with Gasteiger partial charge in [-0.15, -0.1) is 11.1 Å². The maximum atomic E-state index is 3.63. The Balaban J connectivity index is 0.000000487. The van der Waals surface area contributed by atoms with Gasteiger partial charge in [-0.3, -0.25) is 0 Å². The minimum Gasteiger partial charge on any atom is -1.00 e. The Labute approximate surface area is 281 Å². The molecule has 0 atom stereocenters. The quantitative estimate of drug-likeness (QED) is 0.250. The number of hydrogen-bond acceptors (Lipinski definition) is 0.